The van der Waals surface area contributed by atoms with Crippen LogP contribution in [-0.4, -0.2) is 56.0 Å². The molecule has 3 rings (SSSR count). The molecule has 0 saturated carbocycles. The van der Waals surface area contributed by atoms with Crippen molar-refractivity contribution >= 4 is 11.9 Å². The van der Waals surface area contributed by atoms with Crippen LogP contribution in [0.1, 0.15) is 23.7 Å². The molecule has 0 spiro atoms. The number of rotatable bonds is 4. The molecule has 2 aliphatic rings. The van der Waals surface area contributed by atoms with Gasteiger partial charge in [0, 0.05) is 19.0 Å². The molecule has 2 atom stereocenters. The van der Waals surface area contributed by atoms with Gasteiger partial charge < -0.3 is 23.8 Å². The van der Waals surface area contributed by atoms with Gasteiger partial charge in [-0.3, -0.25) is 4.79 Å². The van der Waals surface area contributed by atoms with Gasteiger partial charge in [-0.05, 0) is 25.1 Å². The van der Waals surface area contributed by atoms with Crippen molar-refractivity contribution in [3.8, 4) is 11.5 Å². The predicted octanol–water partition coefficient (Wildman–Crippen LogP) is 1.84. The van der Waals surface area contributed by atoms with E-state index in [9.17, 15) is 9.59 Å². The first-order valence-corrected chi connectivity index (χ1v) is 7.51. The number of ether oxygens (including phenoxy) is 4. The number of nitrogens with zero attached hydrogens (tertiary/aromatic N) is 1. The highest BCUT2D eigenvalue weighted by atomic mass is 16.7. The van der Waals surface area contributed by atoms with E-state index in [1.807, 2.05) is 0 Å². The minimum Gasteiger partial charge on any atom is -0.454 e. The SMILES string of the molecule is CC(C(=O)c1ccc2c(c1)OCO2)N(C)C(=O)OC1CCOC1. The van der Waals surface area contributed by atoms with Gasteiger partial charge in [0.25, 0.3) is 0 Å². The smallest absolute Gasteiger partial charge is 0.410 e. The zero-order valence-electron chi connectivity index (χ0n) is 13.1. The molecule has 1 fully saturated rings. The number of benzene rings is 1. The maximum atomic E-state index is 12.6. The van der Waals surface area contributed by atoms with E-state index >= 15 is 0 Å². The molecule has 0 radical (unpaired) electrons. The normalized spacial score (nSPS) is 20.2. The van der Waals surface area contributed by atoms with E-state index in [1.165, 1.54) is 4.90 Å². The Morgan fingerprint density at radius 2 is 2.09 bits per heavy atom. The van der Waals surface area contributed by atoms with Crippen molar-refractivity contribution in [2.45, 2.75) is 25.5 Å². The number of carbonyl (C=O) groups is 2. The molecule has 2 unspecified atom stereocenters. The van der Waals surface area contributed by atoms with Crippen LogP contribution >= 0.6 is 0 Å². The van der Waals surface area contributed by atoms with E-state index in [2.05, 4.69) is 0 Å². The fraction of sp³-hybridized carbons (Fsp3) is 0.500. The van der Waals surface area contributed by atoms with Crippen LogP contribution in [0.5, 0.6) is 11.5 Å². The van der Waals surface area contributed by atoms with Crippen molar-refractivity contribution in [1.29, 1.82) is 0 Å². The molecule has 2 aliphatic heterocycles. The Morgan fingerprint density at radius 1 is 1.30 bits per heavy atom. The molecule has 124 valence electrons. The monoisotopic (exact) mass is 321 g/mol. The molecule has 0 aliphatic carbocycles. The van der Waals surface area contributed by atoms with E-state index < -0.39 is 12.1 Å². The highest BCUT2D eigenvalue weighted by Gasteiger charge is 2.28. The Kier molecular flexibility index (Phi) is 4.38. The van der Waals surface area contributed by atoms with Gasteiger partial charge in [0.15, 0.2) is 17.3 Å². The second kappa shape index (κ2) is 6.45. The van der Waals surface area contributed by atoms with Crippen LogP contribution in [-0.2, 0) is 9.47 Å². The van der Waals surface area contributed by atoms with Crippen LogP contribution in [0.25, 0.3) is 0 Å². The third-order valence-corrected chi connectivity index (χ3v) is 4.06. The molecule has 0 aromatic heterocycles. The molecule has 1 saturated heterocycles. The number of amides is 1. The van der Waals surface area contributed by atoms with Crippen LogP contribution < -0.4 is 9.47 Å². The number of fused-ring (bicyclic) bond motifs is 1. The molecule has 1 amide bonds. The molecule has 7 heteroatoms. The summed E-state index contributed by atoms with van der Waals surface area (Å²) in [6.45, 7) is 2.81. The summed E-state index contributed by atoms with van der Waals surface area (Å²) in [7, 11) is 1.55. The quantitative estimate of drug-likeness (QED) is 0.788. The highest BCUT2D eigenvalue weighted by Crippen LogP contribution is 2.33. The van der Waals surface area contributed by atoms with Crippen LogP contribution in [0.15, 0.2) is 18.2 Å². The number of Topliss-reactive ketones (excluding diaryl/α,β-unsaturated/α-hetero) is 1. The van der Waals surface area contributed by atoms with Crippen molar-refractivity contribution < 1.29 is 28.5 Å². The van der Waals surface area contributed by atoms with Gasteiger partial charge in [0.1, 0.15) is 6.10 Å². The van der Waals surface area contributed by atoms with Crippen LogP contribution in [0.4, 0.5) is 4.79 Å². The molecule has 0 N–H and O–H groups in total. The standard InChI is InChI=1S/C16H19NO6/c1-10(17(2)16(19)23-12-5-6-20-8-12)15(18)11-3-4-13-14(7-11)22-9-21-13/h3-4,7,10,12H,5-6,8-9H2,1-2H3. The minimum atomic E-state index is -0.648. The average molecular weight is 321 g/mol. The molecule has 0 bridgehead atoms. The first kappa shape index (κ1) is 15.6. The van der Waals surface area contributed by atoms with E-state index in [-0.39, 0.29) is 18.7 Å². The summed E-state index contributed by atoms with van der Waals surface area (Å²) >= 11 is 0. The maximum Gasteiger partial charge on any atom is 0.410 e. The van der Waals surface area contributed by atoms with Crippen molar-refractivity contribution in [3.63, 3.8) is 0 Å². The van der Waals surface area contributed by atoms with Gasteiger partial charge in [-0.1, -0.05) is 0 Å². The number of hydrogen-bond donors (Lipinski definition) is 0. The Hall–Kier alpha value is -2.28. The third kappa shape index (κ3) is 3.24. The van der Waals surface area contributed by atoms with Crippen molar-refractivity contribution in [3.05, 3.63) is 23.8 Å². The summed E-state index contributed by atoms with van der Waals surface area (Å²) in [5.74, 6) is 0.963. The van der Waals surface area contributed by atoms with E-state index in [1.54, 1.807) is 32.2 Å². The lowest BCUT2D eigenvalue weighted by Crippen LogP contribution is -2.42. The Bertz CT molecular complexity index is 611. The van der Waals surface area contributed by atoms with Crippen molar-refractivity contribution in [2.24, 2.45) is 0 Å². The minimum absolute atomic E-state index is 0.151. The maximum absolute atomic E-state index is 12.6. The molecule has 1 aromatic carbocycles. The molecule has 1 aromatic rings. The molecular weight excluding hydrogens is 302 g/mol. The Labute approximate surface area is 134 Å². The largest absolute Gasteiger partial charge is 0.454 e. The Balaban J connectivity index is 1.65. The number of hydrogen-bond acceptors (Lipinski definition) is 6. The predicted molar refractivity (Wildman–Crippen MR) is 79.8 cm³/mol. The summed E-state index contributed by atoms with van der Waals surface area (Å²) < 4.78 is 21.0. The summed E-state index contributed by atoms with van der Waals surface area (Å²) in [4.78, 5) is 26.0. The second-order valence-electron chi connectivity index (χ2n) is 5.59. The van der Waals surface area contributed by atoms with Crippen LogP contribution in [0.2, 0.25) is 0 Å². The average Bonchev–Trinajstić information content (AvgIpc) is 3.22. The molecule has 2 heterocycles. The van der Waals surface area contributed by atoms with Crippen LogP contribution in [0.3, 0.4) is 0 Å². The van der Waals surface area contributed by atoms with Crippen molar-refractivity contribution in [1.82, 2.24) is 4.90 Å². The molecular formula is C16H19NO6. The van der Waals surface area contributed by atoms with Crippen molar-refractivity contribution in [2.75, 3.05) is 27.1 Å². The van der Waals surface area contributed by atoms with Gasteiger partial charge >= 0.3 is 6.09 Å². The topological polar surface area (TPSA) is 74.3 Å². The zero-order valence-corrected chi connectivity index (χ0v) is 13.1. The lowest BCUT2D eigenvalue weighted by molar-refractivity contribution is 0.0495. The number of carbonyl (C=O) groups excluding carboxylic acids is 2. The van der Waals surface area contributed by atoms with E-state index in [4.69, 9.17) is 18.9 Å². The van der Waals surface area contributed by atoms with E-state index in [0.717, 1.165) is 0 Å². The highest BCUT2D eigenvalue weighted by molar-refractivity contribution is 6.01. The van der Waals surface area contributed by atoms with Gasteiger partial charge in [-0.25, -0.2) is 4.79 Å². The third-order valence-electron chi connectivity index (χ3n) is 4.06. The van der Waals surface area contributed by atoms with Gasteiger partial charge in [-0.15, -0.1) is 0 Å². The van der Waals surface area contributed by atoms with Gasteiger partial charge in [0.05, 0.1) is 19.3 Å². The van der Waals surface area contributed by atoms with Crippen LogP contribution in [0, 0.1) is 0 Å². The molecule has 23 heavy (non-hydrogen) atoms. The lowest BCUT2D eigenvalue weighted by Gasteiger charge is -2.24. The molecule has 7 nitrogen and oxygen atoms in total. The number of likely N-dealkylation sites (N-methyl/N-ethyl adjacent to an activating group) is 1. The number of ketones is 1. The van der Waals surface area contributed by atoms with Gasteiger partial charge in [0.2, 0.25) is 6.79 Å². The Morgan fingerprint density at radius 3 is 2.83 bits per heavy atom. The first-order chi connectivity index (χ1) is 11.1. The van der Waals surface area contributed by atoms with E-state index in [0.29, 0.717) is 36.7 Å². The summed E-state index contributed by atoms with van der Waals surface area (Å²) in [6, 6.07) is 4.34. The van der Waals surface area contributed by atoms with Gasteiger partial charge in [-0.2, -0.15) is 0 Å². The fourth-order valence-electron chi connectivity index (χ4n) is 2.46. The summed E-state index contributed by atoms with van der Waals surface area (Å²) in [6.07, 6.45) is -0.0794. The fourth-order valence-corrected chi connectivity index (χ4v) is 2.46. The second-order valence-corrected chi connectivity index (χ2v) is 5.59. The summed E-state index contributed by atoms with van der Waals surface area (Å²) in [5.41, 5.74) is 0.464. The first-order valence-electron chi connectivity index (χ1n) is 7.51. The zero-order chi connectivity index (χ0) is 16.4. The summed E-state index contributed by atoms with van der Waals surface area (Å²) in [5, 5.41) is 0. The lowest BCUT2D eigenvalue weighted by atomic mass is 10.0.